The Bertz CT molecular complexity index is 407. The molecule has 0 spiro atoms. The summed E-state index contributed by atoms with van der Waals surface area (Å²) in [4.78, 5) is 11.7. The van der Waals surface area contributed by atoms with Gasteiger partial charge in [0, 0.05) is 18.5 Å². The number of carbonyl (C=O) groups excluding carboxylic acids is 1. The average molecular weight is 262 g/mol. The lowest BCUT2D eigenvalue weighted by atomic mass is 9.84. The molecule has 0 aliphatic heterocycles. The van der Waals surface area contributed by atoms with Gasteiger partial charge in [-0.3, -0.25) is 0 Å². The van der Waals surface area contributed by atoms with Crippen LogP contribution in [0.5, 0.6) is 0 Å². The highest BCUT2D eigenvalue weighted by molar-refractivity contribution is 5.73. The summed E-state index contributed by atoms with van der Waals surface area (Å²) >= 11 is 0. The molecule has 19 heavy (non-hydrogen) atoms. The molecule has 1 aromatic carbocycles. The number of rotatable bonds is 5. The lowest BCUT2D eigenvalue weighted by molar-refractivity contribution is 0.237. The van der Waals surface area contributed by atoms with Crippen LogP contribution >= 0.6 is 0 Å². The first-order chi connectivity index (χ1) is 8.81. The normalized spacial score (nSPS) is 11.5. The Morgan fingerprint density at radius 2 is 1.74 bits per heavy atom. The van der Waals surface area contributed by atoms with E-state index in [1.807, 2.05) is 0 Å². The number of amides is 2. The summed E-state index contributed by atoms with van der Waals surface area (Å²) in [5.74, 6) is 0.468. The number of aryl methyl sites for hydroxylation is 1. The molecule has 0 fully saturated rings. The van der Waals surface area contributed by atoms with Crippen molar-refractivity contribution in [2.24, 2.45) is 5.92 Å². The molecule has 106 valence electrons. The van der Waals surface area contributed by atoms with E-state index in [4.69, 9.17) is 0 Å². The Hall–Kier alpha value is -1.51. The van der Waals surface area contributed by atoms with Crippen LogP contribution in [0.25, 0.3) is 0 Å². The van der Waals surface area contributed by atoms with E-state index in [0.717, 1.165) is 0 Å². The third-order valence-electron chi connectivity index (χ3n) is 3.19. The molecule has 2 N–H and O–H groups in total. The van der Waals surface area contributed by atoms with E-state index >= 15 is 0 Å². The maximum Gasteiger partial charge on any atom is 0.314 e. The second-order valence-corrected chi connectivity index (χ2v) is 6.21. The van der Waals surface area contributed by atoms with Gasteiger partial charge in [-0.1, -0.05) is 57.5 Å². The summed E-state index contributed by atoms with van der Waals surface area (Å²) in [5, 5.41) is 5.81. The van der Waals surface area contributed by atoms with Gasteiger partial charge in [-0.05, 0) is 18.4 Å². The van der Waals surface area contributed by atoms with Crippen LogP contribution in [0.1, 0.15) is 38.8 Å². The molecule has 0 atom stereocenters. The number of hydrogen-bond acceptors (Lipinski definition) is 1. The molecular weight excluding hydrogens is 236 g/mol. The van der Waals surface area contributed by atoms with Crippen LogP contribution in [0.3, 0.4) is 0 Å². The first kappa shape index (κ1) is 15.5. The minimum Gasteiger partial charge on any atom is -0.338 e. The summed E-state index contributed by atoms with van der Waals surface area (Å²) in [6.45, 7) is 11.8. The highest BCUT2D eigenvalue weighted by atomic mass is 16.2. The molecule has 0 saturated carbocycles. The van der Waals surface area contributed by atoms with E-state index in [9.17, 15) is 4.79 Å². The van der Waals surface area contributed by atoms with Gasteiger partial charge >= 0.3 is 6.03 Å². The van der Waals surface area contributed by atoms with Gasteiger partial charge in [0.25, 0.3) is 0 Å². The third-order valence-corrected chi connectivity index (χ3v) is 3.19. The van der Waals surface area contributed by atoms with E-state index in [1.54, 1.807) is 0 Å². The fraction of sp³-hybridized carbons (Fsp3) is 0.562. The Kier molecular flexibility index (Phi) is 5.40. The largest absolute Gasteiger partial charge is 0.338 e. The van der Waals surface area contributed by atoms with Crippen LogP contribution in [0.15, 0.2) is 24.3 Å². The highest BCUT2D eigenvalue weighted by Gasteiger charge is 2.21. The SMILES string of the molecule is Cc1ccc(C(C)(C)CNC(=O)NCC(C)C)cc1. The van der Waals surface area contributed by atoms with Gasteiger partial charge in [0.1, 0.15) is 0 Å². The van der Waals surface area contributed by atoms with Gasteiger partial charge in [0.05, 0.1) is 0 Å². The van der Waals surface area contributed by atoms with Crippen molar-refractivity contribution < 1.29 is 4.79 Å². The first-order valence-corrected chi connectivity index (χ1v) is 6.90. The molecule has 3 nitrogen and oxygen atoms in total. The molecule has 0 radical (unpaired) electrons. The van der Waals surface area contributed by atoms with Gasteiger partial charge in [0.2, 0.25) is 0 Å². The van der Waals surface area contributed by atoms with Gasteiger partial charge < -0.3 is 10.6 Å². The molecular formula is C16H26N2O. The van der Waals surface area contributed by atoms with Crippen molar-refractivity contribution in [1.82, 2.24) is 10.6 Å². The van der Waals surface area contributed by atoms with Gasteiger partial charge in [-0.2, -0.15) is 0 Å². The molecule has 2 amide bonds. The van der Waals surface area contributed by atoms with Crippen molar-refractivity contribution in [3.05, 3.63) is 35.4 Å². The van der Waals surface area contributed by atoms with Crippen molar-refractivity contribution in [3.63, 3.8) is 0 Å². The summed E-state index contributed by atoms with van der Waals surface area (Å²) in [5.41, 5.74) is 2.42. The van der Waals surface area contributed by atoms with Crippen molar-refractivity contribution in [3.8, 4) is 0 Å². The quantitative estimate of drug-likeness (QED) is 0.840. The van der Waals surface area contributed by atoms with Crippen LogP contribution < -0.4 is 10.6 Å². The second kappa shape index (κ2) is 6.60. The van der Waals surface area contributed by atoms with Crippen molar-refractivity contribution in [1.29, 1.82) is 0 Å². The maximum absolute atomic E-state index is 11.7. The summed E-state index contributed by atoms with van der Waals surface area (Å²) in [6, 6.07) is 8.38. The highest BCUT2D eigenvalue weighted by Crippen LogP contribution is 2.22. The second-order valence-electron chi connectivity index (χ2n) is 6.21. The number of benzene rings is 1. The summed E-state index contributed by atoms with van der Waals surface area (Å²) in [7, 11) is 0. The lowest BCUT2D eigenvalue weighted by Crippen LogP contribution is -2.43. The maximum atomic E-state index is 11.7. The Morgan fingerprint density at radius 3 is 2.26 bits per heavy atom. The molecule has 1 aromatic rings. The fourth-order valence-corrected chi connectivity index (χ4v) is 1.77. The first-order valence-electron chi connectivity index (χ1n) is 6.90. The molecule has 0 bridgehead atoms. The summed E-state index contributed by atoms with van der Waals surface area (Å²) in [6.07, 6.45) is 0. The van der Waals surface area contributed by atoms with Crippen molar-refractivity contribution in [2.45, 2.75) is 40.0 Å². The molecule has 0 aliphatic carbocycles. The molecule has 0 saturated heterocycles. The van der Waals surface area contributed by atoms with Crippen LogP contribution in [-0.2, 0) is 5.41 Å². The number of carbonyl (C=O) groups is 1. The molecule has 0 aliphatic rings. The lowest BCUT2D eigenvalue weighted by Gasteiger charge is -2.26. The Balaban J connectivity index is 2.50. The minimum absolute atomic E-state index is 0.0666. The monoisotopic (exact) mass is 262 g/mol. The zero-order chi connectivity index (χ0) is 14.5. The van der Waals surface area contributed by atoms with Gasteiger partial charge in [0.15, 0.2) is 0 Å². The third kappa shape index (κ3) is 5.33. The zero-order valence-electron chi connectivity index (χ0n) is 12.7. The molecule has 0 unspecified atom stereocenters. The Labute approximate surface area is 116 Å². The predicted octanol–water partition coefficient (Wildman–Crippen LogP) is 3.23. The van der Waals surface area contributed by atoms with E-state index in [-0.39, 0.29) is 11.4 Å². The van der Waals surface area contributed by atoms with E-state index in [1.165, 1.54) is 11.1 Å². The molecule has 0 aromatic heterocycles. The zero-order valence-corrected chi connectivity index (χ0v) is 12.7. The number of urea groups is 1. The molecule has 0 heterocycles. The number of nitrogens with one attached hydrogen (secondary N) is 2. The van der Waals surface area contributed by atoms with Crippen LogP contribution in [0.2, 0.25) is 0 Å². The molecule has 3 heteroatoms. The van der Waals surface area contributed by atoms with E-state index in [2.05, 4.69) is 69.5 Å². The standard InChI is InChI=1S/C16H26N2O/c1-12(2)10-17-15(19)18-11-16(4,5)14-8-6-13(3)7-9-14/h6-9,12H,10-11H2,1-5H3,(H2,17,18,19). The van der Waals surface area contributed by atoms with Crippen LogP contribution in [0.4, 0.5) is 4.79 Å². The van der Waals surface area contributed by atoms with Gasteiger partial charge in [-0.25, -0.2) is 4.79 Å². The average Bonchev–Trinajstić information content (AvgIpc) is 2.34. The topological polar surface area (TPSA) is 41.1 Å². The predicted molar refractivity (Wildman–Crippen MR) is 80.4 cm³/mol. The van der Waals surface area contributed by atoms with Crippen molar-refractivity contribution in [2.75, 3.05) is 13.1 Å². The van der Waals surface area contributed by atoms with Gasteiger partial charge in [-0.15, -0.1) is 0 Å². The summed E-state index contributed by atoms with van der Waals surface area (Å²) < 4.78 is 0. The molecule has 1 rings (SSSR count). The van der Waals surface area contributed by atoms with E-state index < -0.39 is 0 Å². The van der Waals surface area contributed by atoms with Crippen LogP contribution in [0, 0.1) is 12.8 Å². The van der Waals surface area contributed by atoms with Crippen LogP contribution in [-0.4, -0.2) is 19.1 Å². The van der Waals surface area contributed by atoms with E-state index in [0.29, 0.717) is 19.0 Å². The van der Waals surface area contributed by atoms with Crippen molar-refractivity contribution >= 4 is 6.03 Å². The Morgan fingerprint density at radius 1 is 1.16 bits per heavy atom. The smallest absolute Gasteiger partial charge is 0.314 e. The fourth-order valence-electron chi connectivity index (χ4n) is 1.77. The minimum atomic E-state index is -0.0890. The number of hydrogen-bond donors (Lipinski definition) is 2.